The van der Waals surface area contributed by atoms with Crippen molar-refractivity contribution in [3.05, 3.63) is 65.3 Å². The Morgan fingerprint density at radius 2 is 1.94 bits per heavy atom. The molecule has 0 saturated carbocycles. The van der Waals surface area contributed by atoms with Gasteiger partial charge in [0.1, 0.15) is 16.9 Å². The third-order valence-electron chi connectivity index (χ3n) is 4.80. The Kier molecular flexibility index (Phi) is 9.23. The van der Waals surface area contributed by atoms with Gasteiger partial charge in [0.05, 0.1) is 13.3 Å². The fraction of sp³-hybridized carbons (Fsp3) is 0.261. The van der Waals surface area contributed by atoms with E-state index in [-0.39, 0.29) is 12.3 Å². The van der Waals surface area contributed by atoms with Gasteiger partial charge in [0.2, 0.25) is 0 Å². The summed E-state index contributed by atoms with van der Waals surface area (Å²) in [5, 5.41) is 11.5. The minimum Gasteiger partial charge on any atom is -0.495 e. The van der Waals surface area contributed by atoms with Crippen molar-refractivity contribution in [2.45, 2.75) is 30.6 Å². The summed E-state index contributed by atoms with van der Waals surface area (Å²) in [7, 11) is -0.197. The predicted octanol–water partition coefficient (Wildman–Crippen LogP) is 4.87. The monoisotopic (exact) mass is 549 g/mol. The van der Waals surface area contributed by atoms with Crippen LogP contribution in [0, 0.1) is 0 Å². The highest BCUT2D eigenvalue weighted by Gasteiger charge is 2.21. The van der Waals surface area contributed by atoms with Gasteiger partial charge in [-0.25, -0.2) is 9.19 Å². The number of aromatic nitrogens is 1. The maximum atomic E-state index is 13.8. The largest absolute Gasteiger partial charge is 0.495 e. The number of carbonyl (C=O) groups excluding carboxylic acids is 1. The number of carboxylic acids is 1. The second-order valence-electron chi connectivity index (χ2n) is 7.19. The van der Waals surface area contributed by atoms with Crippen LogP contribution in [0.1, 0.15) is 36.4 Å². The number of anilines is 2. The summed E-state index contributed by atoms with van der Waals surface area (Å²) in [6, 6.07) is 12.3. The van der Waals surface area contributed by atoms with Gasteiger partial charge in [-0.15, -0.1) is 0 Å². The van der Waals surface area contributed by atoms with Crippen LogP contribution in [0.3, 0.4) is 0 Å². The van der Waals surface area contributed by atoms with E-state index < -0.39 is 22.9 Å². The summed E-state index contributed by atoms with van der Waals surface area (Å²) in [4.78, 5) is 27.3. The molecule has 2 aromatic carbocycles. The smallest absolute Gasteiger partial charge is 0.311 e. The maximum Gasteiger partial charge on any atom is 0.311 e. The highest BCUT2D eigenvalue weighted by Crippen LogP contribution is 2.31. The fourth-order valence-corrected chi connectivity index (χ4v) is 4.81. The van der Waals surface area contributed by atoms with Crippen molar-refractivity contribution in [1.82, 2.24) is 4.98 Å². The van der Waals surface area contributed by atoms with Crippen LogP contribution >= 0.6 is 15.9 Å². The Bertz CT molecular complexity index is 1140. The first-order chi connectivity index (χ1) is 16.4. The number of nitrogens with one attached hydrogen (secondary N) is 1. The lowest BCUT2D eigenvalue weighted by Crippen LogP contribution is -2.27. The normalized spacial score (nSPS) is 11.6. The van der Waals surface area contributed by atoms with Gasteiger partial charge < -0.3 is 19.6 Å². The van der Waals surface area contributed by atoms with Crippen LogP contribution < -0.4 is 14.4 Å². The zero-order valence-electron chi connectivity index (χ0n) is 18.4. The van der Waals surface area contributed by atoms with E-state index >= 15 is 0 Å². The molecule has 0 fully saturated rings. The molecular weight excluding hydrogens is 526 g/mol. The molecule has 3 aromatic rings. The van der Waals surface area contributed by atoms with Gasteiger partial charge in [-0.3, -0.25) is 13.9 Å². The number of aliphatic carboxylic acids is 1. The molecule has 1 atom stereocenters. The Labute approximate surface area is 207 Å². The molecule has 0 aliphatic rings. The summed E-state index contributed by atoms with van der Waals surface area (Å²) in [5.74, 6) is -1.05. The third kappa shape index (κ3) is 6.91. The van der Waals surface area contributed by atoms with E-state index in [1.807, 2.05) is 24.3 Å². The van der Waals surface area contributed by atoms with Gasteiger partial charge in [0, 0.05) is 28.8 Å². The Balaban J connectivity index is 1.84. The minimum atomic E-state index is -1.68. The van der Waals surface area contributed by atoms with E-state index in [9.17, 15) is 13.8 Å². The maximum absolute atomic E-state index is 13.8. The van der Waals surface area contributed by atoms with Crippen LogP contribution in [0.15, 0.2) is 68.7 Å². The number of nitrogens with zero attached hydrogens (tertiary/aromatic N) is 2. The molecule has 2 N–H and O–H groups in total. The van der Waals surface area contributed by atoms with Crippen molar-refractivity contribution in [2.24, 2.45) is 0 Å². The van der Waals surface area contributed by atoms with E-state index in [1.54, 1.807) is 22.5 Å². The fourth-order valence-electron chi connectivity index (χ4n) is 3.15. The second kappa shape index (κ2) is 12.3. The topological polar surface area (TPSA) is 122 Å². The number of amides is 1. The molecule has 3 rings (SSSR count). The Hall–Kier alpha value is -3.18. The van der Waals surface area contributed by atoms with Crippen molar-refractivity contribution < 1.29 is 28.1 Å². The molecule has 0 radical (unpaired) electrons. The number of unbranched alkanes of at least 4 members (excludes halogenated alkanes) is 2. The van der Waals surface area contributed by atoms with Gasteiger partial charge >= 0.3 is 11.9 Å². The van der Waals surface area contributed by atoms with E-state index in [4.69, 9.17) is 14.3 Å². The molecule has 0 saturated heterocycles. The number of carboxylic acid groups (broad SMARTS) is 1. The van der Waals surface area contributed by atoms with Gasteiger partial charge in [0.15, 0.2) is 11.0 Å². The van der Waals surface area contributed by atoms with Gasteiger partial charge in [-0.1, -0.05) is 22.4 Å². The zero-order chi connectivity index (χ0) is 24.5. The Morgan fingerprint density at radius 3 is 2.59 bits per heavy atom. The first-order valence-electron chi connectivity index (χ1n) is 10.4. The van der Waals surface area contributed by atoms with Crippen LogP contribution in [0.5, 0.6) is 5.75 Å². The molecule has 34 heavy (non-hydrogen) atoms. The number of hydrogen-bond acceptors (Lipinski definition) is 6. The van der Waals surface area contributed by atoms with E-state index in [0.29, 0.717) is 42.1 Å². The zero-order valence-corrected chi connectivity index (χ0v) is 20.8. The lowest BCUT2D eigenvalue weighted by molar-refractivity contribution is -0.137. The first-order valence-corrected chi connectivity index (χ1v) is 12.3. The summed E-state index contributed by atoms with van der Waals surface area (Å²) in [5.41, 5.74) is 1.14. The molecule has 1 unspecified atom stereocenters. The third-order valence-corrected chi connectivity index (χ3v) is 6.82. The molecule has 11 heteroatoms. The minimum absolute atomic E-state index is 0.0867. The number of halogens is 1. The van der Waals surface area contributed by atoms with Crippen molar-refractivity contribution in [2.75, 3.05) is 23.3 Å². The number of hydrogen-bond donors (Lipinski definition) is 2. The van der Waals surface area contributed by atoms with E-state index in [2.05, 4.69) is 26.2 Å². The van der Waals surface area contributed by atoms with Crippen LogP contribution in [0.2, 0.25) is 0 Å². The lowest BCUT2D eigenvalue weighted by Gasteiger charge is -2.25. The number of ether oxygens (including phenoxy) is 1. The van der Waals surface area contributed by atoms with Crippen LogP contribution in [-0.4, -0.2) is 39.8 Å². The number of rotatable bonds is 12. The number of oxazole rings is 1. The predicted molar refractivity (Wildman–Crippen MR) is 131 cm³/mol. The molecular formula is C23H24BrN3O6S. The molecule has 0 aliphatic heterocycles. The molecule has 0 bridgehead atoms. The summed E-state index contributed by atoms with van der Waals surface area (Å²) in [6.45, 7) is 0.434. The van der Waals surface area contributed by atoms with Gasteiger partial charge in [0.25, 0.3) is 5.89 Å². The molecule has 0 aliphatic carbocycles. The Morgan fingerprint density at radius 1 is 1.18 bits per heavy atom. The molecule has 9 nitrogen and oxygen atoms in total. The average Bonchev–Trinajstić information content (AvgIpc) is 3.37. The quantitative estimate of drug-likeness (QED) is 0.309. The molecule has 180 valence electrons. The van der Waals surface area contributed by atoms with E-state index in [1.165, 1.54) is 19.6 Å². The van der Waals surface area contributed by atoms with Crippen molar-refractivity contribution in [1.29, 1.82) is 0 Å². The number of carbonyl (C=O) groups is 2. The average molecular weight is 550 g/mol. The van der Waals surface area contributed by atoms with Gasteiger partial charge in [-0.05, 0) is 55.3 Å². The second-order valence-corrected chi connectivity index (χ2v) is 9.48. The summed E-state index contributed by atoms with van der Waals surface area (Å²) < 4.78 is 26.8. The van der Waals surface area contributed by atoms with Crippen LogP contribution in [0.4, 0.5) is 11.4 Å². The first kappa shape index (κ1) is 25.4. The van der Waals surface area contributed by atoms with Crippen LogP contribution in [-0.2, 0) is 15.8 Å². The standard InChI is InChI=1S/C23H24BrN3O6S/c1-32-19-11-8-17(26-22(30)23-25-12-14-33-23)15-20(19)34(31)27(13-4-2-3-5-21(28)29)18-9-6-16(24)7-10-18/h6-12,14-15H,2-5,13H2,1H3,(H,26,30)(H,28,29). The lowest BCUT2D eigenvalue weighted by atomic mass is 10.2. The van der Waals surface area contributed by atoms with Gasteiger partial charge in [-0.2, -0.15) is 0 Å². The summed E-state index contributed by atoms with van der Waals surface area (Å²) >= 11 is 3.41. The SMILES string of the molecule is COc1ccc(NC(=O)c2ncco2)cc1S(=O)N(CCCCCC(=O)O)c1ccc(Br)cc1. The highest BCUT2D eigenvalue weighted by atomic mass is 79.9. The van der Waals surface area contributed by atoms with Crippen molar-refractivity contribution in [3.63, 3.8) is 0 Å². The number of methoxy groups -OCH3 is 1. The molecule has 1 aromatic heterocycles. The molecule has 1 heterocycles. The molecule has 0 spiro atoms. The highest BCUT2D eigenvalue weighted by molar-refractivity contribution is 9.10. The van der Waals surface area contributed by atoms with Crippen molar-refractivity contribution >= 4 is 50.2 Å². The molecule has 1 amide bonds. The van der Waals surface area contributed by atoms with Crippen LogP contribution in [0.25, 0.3) is 0 Å². The summed E-state index contributed by atoms with van der Waals surface area (Å²) in [6.07, 6.45) is 4.65. The number of benzene rings is 2. The van der Waals surface area contributed by atoms with E-state index in [0.717, 1.165) is 10.2 Å². The van der Waals surface area contributed by atoms with Crippen molar-refractivity contribution in [3.8, 4) is 5.75 Å².